The van der Waals surface area contributed by atoms with E-state index < -0.39 is 9.84 Å². The summed E-state index contributed by atoms with van der Waals surface area (Å²) in [5, 5.41) is 0. The number of carbonyl (C=O) groups excluding carboxylic acids is 1. The van der Waals surface area contributed by atoms with Crippen molar-refractivity contribution in [1.29, 1.82) is 0 Å². The van der Waals surface area contributed by atoms with Gasteiger partial charge in [-0.25, -0.2) is 8.42 Å². The van der Waals surface area contributed by atoms with Crippen molar-refractivity contribution in [2.45, 2.75) is 32.2 Å². The first-order chi connectivity index (χ1) is 13.3. The molecule has 0 radical (unpaired) electrons. The first-order valence-electron chi connectivity index (χ1n) is 9.13. The van der Waals surface area contributed by atoms with Gasteiger partial charge >= 0.3 is 0 Å². The molecule has 0 spiro atoms. The van der Waals surface area contributed by atoms with Gasteiger partial charge in [0.05, 0.1) is 36.2 Å². The van der Waals surface area contributed by atoms with Crippen LogP contribution in [0, 0.1) is 0 Å². The summed E-state index contributed by atoms with van der Waals surface area (Å²) in [6.45, 7) is 2.72. The van der Waals surface area contributed by atoms with E-state index in [4.69, 9.17) is 21.7 Å². The molecule has 152 valence electrons. The second-order valence-corrected chi connectivity index (χ2v) is 10.6. The van der Waals surface area contributed by atoms with Crippen LogP contribution in [0.5, 0.6) is 11.5 Å². The Labute approximate surface area is 175 Å². The summed E-state index contributed by atoms with van der Waals surface area (Å²) in [7, 11) is -1.52. The van der Waals surface area contributed by atoms with Crippen molar-refractivity contribution in [3.8, 4) is 11.5 Å². The summed E-state index contributed by atoms with van der Waals surface area (Å²) in [5.74, 6) is 1.10. The first kappa shape index (κ1) is 21.1. The second kappa shape index (κ2) is 8.84. The average molecular weight is 442 g/mol. The normalized spacial score (nSPS) is 22.9. The molecule has 0 aliphatic carbocycles. The summed E-state index contributed by atoms with van der Waals surface area (Å²) < 4.78 is 35.0. The van der Waals surface area contributed by atoms with E-state index in [-0.39, 0.29) is 23.5 Å². The molecule has 2 aliphatic heterocycles. The number of thiocarbonyl (C=S) groups is 1. The highest BCUT2D eigenvalue weighted by Gasteiger charge is 2.42. The lowest BCUT2D eigenvalue weighted by Crippen LogP contribution is -2.39. The molecule has 3 rings (SSSR count). The van der Waals surface area contributed by atoms with Gasteiger partial charge in [0.1, 0.15) is 4.32 Å². The molecule has 2 heterocycles. The van der Waals surface area contributed by atoms with Crippen molar-refractivity contribution >= 4 is 50.1 Å². The molecule has 0 N–H and O–H groups in total. The fourth-order valence-electron chi connectivity index (χ4n) is 3.14. The molecule has 0 bridgehead atoms. The topological polar surface area (TPSA) is 72.9 Å². The zero-order chi connectivity index (χ0) is 20.3. The molecule has 6 nitrogen and oxygen atoms in total. The van der Waals surface area contributed by atoms with Gasteiger partial charge in [-0.2, -0.15) is 0 Å². The van der Waals surface area contributed by atoms with E-state index in [1.165, 1.54) is 16.7 Å². The van der Waals surface area contributed by atoms with Crippen molar-refractivity contribution in [1.82, 2.24) is 4.90 Å². The third-order valence-electron chi connectivity index (χ3n) is 4.64. The van der Waals surface area contributed by atoms with Crippen molar-refractivity contribution < 1.29 is 22.7 Å². The molecule has 9 heteroatoms. The molecular weight excluding hydrogens is 418 g/mol. The lowest BCUT2D eigenvalue weighted by atomic mass is 10.1. The minimum Gasteiger partial charge on any atom is -0.493 e. The van der Waals surface area contributed by atoms with Crippen LogP contribution < -0.4 is 9.47 Å². The fourth-order valence-corrected chi connectivity index (χ4v) is 6.24. The SMILES string of the molecule is CCCCOc1ccc(/C=C2\SC(=S)N([C@H]3CCS(=O)(=O)C3)C2=O)cc1OC. The van der Waals surface area contributed by atoms with Crippen LogP contribution in [0.2, 0.25) is 0 Å². The Balaban J connectivity index is 1.78. The van der Waals surface area contributed by atoms with Crippen LogP contribution in [-0.4, -0.2) is 54.8 Å². The van der Waals surface area contributed by atoms with E-state index in [9.17, 15) is 13.2 Å². The second-order valence-electron chi connectivity index (χ2n) is 6.72. The highest BCUT2D eigenvalue weighted by molar-refractivity contribution is 8.26. The van der Waals surface area contributed by atoms with Crippen molar-refractivity contribution in [3.05, 3.63) is 28.7 Å². The van der Waals surface area contributed by atoms with Crippen LogP contribution in [0.3, 0.4) is 0 Å². The molecule has 0 saturated carbocycles. The van der Waals surface area contributed by atoms with E-state index in [2.05, 4.69) is 6.92 Å². The van der Waals surface area contributed by atoms with Crippen LogP contribution in [-0.2, 0) is 14.6 Å². The maximum absolute atomic E-state index is 12.8. The number of unbranched alkanes of at least 4 members (excludes halogenated alkanes) is 1. The summed E-state index contributed by atoms with van der Waals surface area (Å²) in [6.07, 6.45) is 4.19. The Morgan fingerprint density at radius 1 is 1.36 bits per heavy atom. The Morgan fingerprint density at radius 3 is 2.79 bits per heavy atom. The zero-order valence-electron chi connectivity index (χ0n) is 15.8. The number of sulfone groups is 1. The number of amides is 1. The van der Waals surface area contributed by atoms with Crippen LogP contribution >= 0.6 is 24.0 Å². The van der Waals surface area contributed by atoms with Crippen molar-refractivity contribution in [3.63, 3.8) is 0 Å². The molecule has 2 fully saturated rings. The number of carbonyl (C=O) groups is 1. The van der Waals surface area contributed by atoms with Gasteiger partial charge in [0.25, 0.3) is 5.91 Å². The van der Waals surface area contributed by atoms with Crippen molar-refractivity contribution in [2.24, 2.45) is 0 Å². The smallest absolute Gasteiger partial charge is 0.266 e. The van der Waals surface area contributed by atoms with E-state index in [1.807, 2.05) is 18.2 Å². The molecule has 2 saturated heterocycles. The number of hydrogen-bond donors (Lipinski definition) is 0. The standard InChI is InChI=1S/C19H23NO5S3/c1-3-4-8-25-15-6-5-13(10-16(15)24-2)11-17-18(21)20(19(26)27-17)14-7-9-28(22,23)12-14/h5-6,10-11,14H,3-4,7-9,12H2,1-2H3/b17-11-/t14-/m0/s1. The molecule has 2 aliphatic rings. The van der Waals surface area contributed by atoms with Crippen LogP contribution in [0.4, 0.5) is 0 Å². The van der Waals surface area contributed by atoms with Gasteiger partial charge in [0, 0.05) is 0 Å². The van der Waals surface area contributed by atoms with Crippen molar-refractivity contribution in [2.75, 3.05) is 25.2 Å². The van der Waals surface area contributed by atoms with Gasteiger partial charge < -0.3 is 9.47 Å². The molecule has 0 unspecified atom stereocenters. The molecular formula is C19H23NO5S3. The fraction of sp³-hybridized carbons (Fsp3) is 0.474. The van der Waals surface area contributed by atoms with Crippen LogP contribution in [0.1, 0.15) is 31.7 Å². The maximum Gasteiger partial charge on any atom is 0.266 e. The summed E-state index contributed by atoms with van der Waals surface area (Å²) in [5.41, 5.74) is 0.791. The van der Waals surface area contributed by atoms with Gasteiger partial charge in [-0.3, -0.25) is 9.69 Å². The predicted molar refractivity (Wildman–Crippen MR) is 115 cm³/mol. The Morgan fingerprint density at radius 2 is 2.14 bits per heavy atom. The highest BCUT2D eigenvalue weighted by atomic mass is 32.2. The number of hydrogen-bond acceptors (Lipinski definition) is 7. The Kier molecular flexibility index (Phi) is 6.67. The van der Waals surface area contributed by atoms with Crippen LogP contribution in [0.25, 0.3) is 6.08 Å². The molecule has 28 heavy (non-hydrogen) atoms. The van der Waals surface area contributed by atoms with E-state index in [0.29, 0.717) is 33.8 Å². The van der Waals surface area contributed by atoms with E-state index in [0.717, 1.165) is 18.4 Å². The molecule has 1 aromatic rings. The summed E-state index contributed by atoms with van der Waals surface area (Å²) in [4.78, 5) is 14.7. The largest absolute Gasteiger partial charge is 0.493 e. The number of ether oxygens (including phenoxy) is 2. The van der Waals surface area contributed by atoms with Gasteiger partial charge in [0.15, 0.2) is 21.3 Å². The number of nitrogens with zero attached hydrogens (tertiary/aromatic N) is 1. The van der Waals surface area contributed by atoms with Gasteiger partial charge in [0.2, 0.25) is 0 Å². The summed E-state index contributed by atoms with van der Waals surface area (Å²) >= 11 is 6.54. The third kappa shape index (κ3) is 4.69. The summed E-state index contributed by atoms with van der Waals surface area (Å²) in [6, 6.07) is 5.13. The van der Waals surface area contributed by atoms with Gasteiger partial charge in [-0.15, -0.1) is 0 Å². The van der Waals surface area contributed by atoms with Crippen LogP contribution in [0.15, 0.2) is 23.1 Å². The maximum atomic E-state index is 12.8. The molecule has 1 atom stereocenters. The Hall–Kier alpha value is -1.58. The minimum atomic E-state index is -3.09. The molecule has 0 aromatic heterocycles. The lowest BCUT2D eigenvalue weighted by Gasteiger charge is -2.20. The third-order valence-corrected chi connectivity index (χ3v) is 7.72. The monoisotopic (exact) mass is 441 g/mol. The quantitative estimate of drug-likeness (QED) is 0.365. The predicted octanol–water partition coefficient (Wildman–Crippen LogP) is 3.26. The first-order valence-corrected chi connectivity index (χ1v) is 12.2. The molecule has 1 amide bonds. The van der Waals surface area contributed by atoms with Gasteiger partial charge in [-0.1, -0.05) is 43.4 Å². The number of benzene rings is 1. The molecule has 1 aromatic carbocycles. The lowest BCUT2D eigenvalue weighted by molar-refractivity contribution is -0.123. The van der Waals surface area contributed by atoms with E-state index >= 15 is 0 Å². The minimum absolute atomic E-state index is 0.0235. The Bertz CT molecular complexity index is 910. The van der Waals surface area contributed by atoms with Gasteiger partial charge in [-0.05, 0) is 36.6 Å². The number of rotatable bonds is 7. The zero-order valence-corrected chi connectivity index (χ0v) is 18.3. The average Bonchev–Trinajstić information content (AvgIpc) is 3.14. The van der Waals surface area contributed by atoms with E-state index in [1.54, 1.807) is 13.2 Å². The number of methoxy groups -OCH3 is 1. The number of thioether (sulfide) groups is 1. The highest BCUT2D eigenvalue weighted by Crippen LogP contribution is 2.37.